The minimum absolute atomic E-state index is 0.0226. The number of carbonyl (C=O) groups excluding carboxylic acids is 1. The van der Waals surface area contributed by atoms with Gasteiger partial charge in [0.1, 0.15) is 0 Å². The highest BCUT2D eigenvalue weighted by molar-refractivity contribution is 5.72. The lowest BCUT2D eigenvalue weighted by Crippen LogP contribution is -2.21. The normalized spacial score (nSPS) is 17.0. The molecule has 1 unspecified atom stereocenters. The molecule has 4 heteroatoms. The molecule has 0 aromatic carbocycles. The molecule has 0 aliphatic heterocycles. The van der Waals surface area contributed by atoms with Crippen LogP contribution in [0.5, 0.6) is 0 Å². The van der Waals surface area contributed by atoms with Gasteiger partial charge in [-0.15, -0.1) is 0 Å². The van der Waals surface area contributed by atoms with Crippen molar-refractivity contribution in [1.82, 2.24) is 9.55 Å². The van der Waals surface area contributed by atoms with Gasteiger partial charge in [-0.1, -0.05) is 39.0 Å². The van der Waals surface area contributed by atoms with Crippen LogP contribution in [-0.4, -0.2) is 22.1 Å². The van der Waals surface area contributed by atoms with Crippen LogP contribution >= 0.6 is 0 Å². The number of carbonyl (C=O) groups is 1. The summed E-state index contributed by atoms with van der Waals surface area (Å²) in [6.07, 6.45) is 14.7. The number of aryl methyl sites for hydroxylation is 1. The van der Waals surface area contributed by atoms with Gasteiger partial charge in [0.2, 0.25) is 0 Å². The Morgan fingerprint density at radius 1 is 1.43 bits per heavy atom. The smallest absolute Gasteiger partial charge is 0.308 e. The lowest BCUT2D eigenvalue weighted by atomic mass is 9.90. The highest BCUT2D eigenvalue weighted by atomic mass is 16.5. The van der Waals surface area contributed by atoms with Gasteiger partial charge in [-0.05, 0) is 25.2 Å². The minimum Gasteiger partial charge on any atom is -0.465 e. The molecular weight excluding hydrogens is 264 g/mol. The second-order valence-corrected chi connectivity index (χ2v) is 6.19. The fourth-order valence-electron chi connectivity index (χ4n) is 3.29. The van der Waals surface area contributed by atoms with Gasteiger partial charge in [-0.25, -0.2) is 4.98 Å². The summed E-state index contributed by atoms with van der Waals surface area (Å²) in [5.41, 5.74) is 0. The largest absolute Gasteiger partial charge is 0.465 e. The van der Waals surface area contributed by atoms with Gasteiger partial charge < -0.3 is 9.30 Å². The molecule has 0 saturated heterocycles. The van der Waals surface area contributed by atoms with E-state index in [1.54, 1.807) is 12.5 Å². The first-order chi connectivity index (χ1) is 10.3. The molecule has 0 radical (unpaired) electrons. The van der Waals surface area contributed by atoms with Crippen LogP contribution < -0.4 is 0 Å². The van der Waals surface area contributed by atoms with E-state index >= 15 is 0 Å². The SMILES string of the molecule is CCCC(CC1CCCC1)C(=O)OCCCn1ccnc1. The van der Waals surface area contributed by atoms with Crippen molar-refractivity contribution in [1.29, 1.82) is 0 Å². The molecule has 1 atom stereocenters. The van der Waals surface area contributed by atoms with Gasteiger partial charge in [0, 0.05) is 18.9 Å². The Balaban J connectivity index is 1.67. The molecule has 21 heavy (non-hydrogen) atoms. The molecule has 118 valence electrons. The highest BCUT2D eigenvalue weighted by Crippen LogP contribution is 2.32. The van der Waals surface area contributed by atoms with E-state index in [9.17, 15) is 4.79 Å². The van der Waals surface area contributed by atoms with E-state index in [1.165, 1.54) is 25.7 Å². The second kappa shape index (κ2) is 8.85. The summed E-state index contributed by atoms with van der Waals surface area (Å²) in [6, 6.07) is 0. The summed E-state index contributed by atoms with van der Waals surface area (Å²) < 4.78 is 7.50. The fraction of sp³-hybridized carbons (Fsp3) is 0.765. The third-order valence-corrected chi connectivity index (χ3v) is 4.43. The number of aromatic nitrogens is 2. The second-order valence-electron chi connectivity index (χ2n) is 6.19. The molecular formula is C17H28N2O2. The first kappa shape index (κ1) is 16.1. The maximum absolute atomic E-state index is 12.2. The van der Waals surface area contributed by atoms with Gasteiger partial charge in [0.05, 0.1) is 18.9 Å². The average Bonchev–Trinajstić information content (AvgIpc) is 3.16. The number of ether oxygens (including phenoxy) is 1. The van der Waals surface area contributed by atoms with Crippen LogP contribution in [-0.2, 0) is 16.1 Å². The zero-order chi connectivity index (χ0) is 14.9. The Kier molecular flexibility index (Phi) is 6.77. The zero-order valence-electron chi connectivity index (χ0n) is 13.2. The Morgan fingerprint density at radius 2 is 2.24 bits per heavy atom. The van der Waals surface area contributed by atoms with Gasteiger partial charge in [0.15, 0.2) is 0 Å². The average molecular weight is 292 g/mol. The predicted octanol–water partition coefficient (Wildman–Crippen LogP) is 3.81. The summed E-state index contributed by atoms with van der Waals surface area (Å²) >= 11 is 0. The van der Waals surface area contributed by atoms with Crippen LogP contribution in [0.4, 0.5) is 0 Å². The third-order valence-electron chi connectivity index (χ3n) is 4.43. The Labute approximate surface area is 127 Å². The van der Waals surface area contributed by atoms with Crippen LogP contribution in [0.2, 0.25) is 0 Å². The van der Waals surface area contributed by atoms with Crippen molar-refractivity contribution in [3.05, 3.63) is 18.7 Å². The number of imidazole rings is 1. The Bertz CT molecular complexity index is 397. The van der Waals surface area contributed by atoms with E-state index < -0.39 is 0 Å². The first-order valence-corrected chi connectivity index (χ1v) is 8.42. The van der Waals surface area contributed by atoms with Crippen LogP contribution in [0.3, 0.4) is 0 Å². The Hall–Kier alpha value is -1.32. The quantitative estimate of drug-likeness (QED) is 0.513. The first-order valence-electron chi connectivity index (χ1n) is 8.42. The van der Waals surface area contributed by atoms with Crippen LogP contribution in [0.15, 0.2) is 18.7 Å². The highest BCUT2D eigenvalue weighted by Gasteiger charge is 2.25. The number of rotatable bonds is 9. The maximum atomic E-state index is 12.2. The predicted molar refractivity (Wildman–Crippen MR) is 82.8 cm³/mol. The lowest BCUT2D eigenvalue weighted by Gasteiger charge is -2.19. The fourth-order valence-corrected chi connectivity index (χ4v) is 3.29. The molecule has 0 N–H and O–H groups in total. The zero-order valence-corrected chi connectivity index (χ0v) is 13.2. The van der Waals surface area contributed by atoms with E-state index in [-0.39, 0.29) is 11.9 Å². The summed E-state index contributed by atoms with van der Waals surface area (Å²) in [5.74, 6) is 0.890. The third kappa shape index (κ3) is 5.52. The van der Waals surface area contributed by atoms with E-state index in [4.69, 9.17) is 4.74 Å². The molecule has 1 aromatic rings. The van der Waals surface area contributed by atoms with Crippen LogP contribution in [0, 0.1) is 11.8 Å². The van der Waals surface area contributed by atoms with Gasteiger partial charge in [-0.2, -0.15) is 0 Å². The molecule has 1 aliphatic rings. The number of hydrogen-bond donors (Lipinski definition) is 0. The van der Waals surface area contributed by atoms with Crippen molar-refractivity contribution >= 4 is 5.97 Å². The van der Waals surface area contributed by atoms with Crippen molar-refractivity contribution < 1.29 is 9.53 Å². The molecule has 1 aliphatic carbocycles. The lowest BCUT2D eigenvalue weighted by molar-refractivity contribution is -0.149. The van der Waals surface area contributed by atoms with E-state index in [0.29, 0.717) is 6.61 Å². The van der Waals surface area contributed by atoms with Gasteiger partial charge >= 0.3 is 5.97 Å². The van der Waals surface area contributed by atoms with Crippen LogP contribution in [0.25, 0.3) is 0 Å². The van der Waals surface area contributed by atoms with Crippen molar-refractivity contribution in [3.8, 4) is 0 Å². The molecule has 1 saturated carbocycles. The molecule has 2 rings (SSSR count). The minimum atomic E-state index is 0.0226. The summed E-state index contributed by atoms with van der Waals surface area (Å²) in [5, 5.41) is 0. The van der Waals surface area contributed by atoms with Crippen molar-refractivity contribution in [3.63, 3.8) is 0 Å². The van der Waals surface area contributed by atoms with Crippen molar-refractivity contribution in [2.45, 2.75) is 64.8 Å². The number of nitrogens with zero attached hydrogens (tertiary/aromatic N) is 2. The van der Waals surface area contributed by atoms with E-state index in [0.717, 1.165) is 38.1 Å². The van der Waals surface area contributed by atoms with E-state index in [2.05, 4.69) is 11.9 Å². The summed E-state index contributed by atoms with van der Waals surface area (Å²) in [6.45, 7) is 3.52. The van der Waals surface area contributed by atoms with Crippen LogP contribution in [0.1, 0.15) is 58.3 Å². The van der Waals surface area contributed by atoms with Gasteiger partial charge in [0.25, 0.3) is 0 Å². The molecule has 1 aromatic heterocycles. The molecule has 0 amide bonds. The monoisotopic (exact) mass is 292 g/mol. The van der Waals surface area contributed by atoms with Crippen molar-refractivity contribution in [2.75, 3.05) is 6.61 Å². The molecule has 0 spiro atoms. The number of esters is 1. The van der Waals surface area contributed by atoms with Gasteiger partial charge in [-0.3, -0.25) is 4.79 Å². The maximum Gasteiger partial charge on any atom is 0.308 e. The molecule has 1 fully saturated rings. The standard InChI is InChI=1S/C17H28N2O2/c1-2-6-16(13-15-7-3-4-8-15)17(20)21-12-5-10-19-11-9-18-14-19/h9,11,14-16H,2-8,10,12-13H2,1H3. The Morgan fingerprint density at radius 3 is 2.90 bits per heavy atom. The molecule has 0 bridgehead atoms. The summed E-state index contributed by atoms with van der Waals surface area (Å²) in [4.78, 5) is 16.2. The summed E-state index contributed by atoms with van der Waals surface area (Å²) in [7, 11) is 0. The molecule has 4 nitrogen and oxygen atoms in total. The van der Waals surface area contributed by atoms with E-state index in [1.807, 2.05) is 10.8 Å². The van der Waals surface area contributed by atoms with Crippen molar-refractivity contribution in [2.24, 2.45) is 11.8 Å². The topological polar surface area (TPSA) is 44.1 Å². The molecule has 1 heterocycles. The number of hydrogen-bond acceptors (Lipinski definition) is 3.